The lowest BCUT2D eigenvalue weighted by Gasteiger charge is -1.35. The Morgan fingerprint density at radius 3 is 2.80 bits per heavy atom. The van der Waals surface area contributed by atoms with E-state index in [0.717, 1.165) is 0 Å². The fourth-order valence-electron chi connectivity index (χ4n) is 0.114. The predicted octanol–water partition coefficient (Wildman–Crippen LogP) is 0.544. The smallest absolute Gasteiger partial charge is 0.172 e. The van der Waals surface area contributed by atoms with Crippen LogP contribution < -0.4 is 0 Å². The van der Waals surface area contributed by atoms with Crippen LogP contribution in [0.2, 0.25) is 0 Å². The quantitative estimate of drug-likeness (QED) is 0.445. The van der Waals surface area contributed by atoms with Gasteiger partial charge in [-0.25, -0.2) is 0 Å². The highest BCUT2D eigenvalue weighted by Crippen LogP contribution is 1.74. The third-order valence-corrected chi connectivity index (χ3v) is 0.620. The molecule has 0 unspecified atom stereocenters. The SMILES string of the molecule is c1n[c]sc#1. The van der Waals surface area contributed by atoms with Crippen LogP contribution in [0.5, 0.6) is 0 Å². The van der Waals surface area contributed by atoms with Crippen LogP contribution in [0.15, 0.2) is 0 Å². The average molecular weight is 82.1 g/mol. The van der Waals surface area contributed by atoms with Crippen molar-refractivity contribution in [1.82, 2.24) is 4.98 Å². The second kappa shape index (κ2) is 1.05. The van der Waals surface area contributed by atoms with E-state index in [1.165, 1.54) is 11.3 Å². The maximum atomic E-state index is 3.44. The molecule has 1 nitrogen and oxygen atoms in total. The zero-order valence-electron chi connectivity index (χ0n) is 2.36. The molecule has 0 fully saturated rings. The minimum Gasteiger partial charge on any atom is -0.182 e. The number of rotatable bonds is 0. The van der Waals surface area contributed by atoms with Crippen LogP contribution in [0, 0.1) is 17.1 Å². The van der Waals surface area contributed by atoms with E-state index in [1.54, 1.807) is 0 Å². The van der Waals surface area contributed by atoms with Gasteiger partial charge in [0.15, 0.2) is 5.51 Å². The van der Waals surface area contributed by atoms with E-state index in [1.807, 2.05) is 0 Å². The fourth-order valence-corrected chi connectivity index (χ4v) is 0.342. The van der Waals surface area contributed by atoms with Crippen molar-refractivity contribution in [2.75, 3.05) is 0 Å². The van der Waals surface area contributed by atoms with Gasteiger partial charge in [0.05, 0.1) is 6.20 Å². The highest BCUT2D eigenvalue weighted by Gasteiger charge is 1.56. The number of aromatic nitrogens is 1. The average Bonchev–Trinajstić information content (AvgIpc) is 1.76. The molecule has 1 aromatic heterocycles. The lowest BCUT2D eigenvalue weighted by Crippen LogP contribution is -1.38. The van der Waals surface area contributed by atoms with E-state index in [9.17, 15) is 0 Å². The van der Waals surface area contributed by atoms with Crippen LogP contribution in [0.3, 0.4) is 0 Å². The second-order valence-corrected chi connectivity index (χ2v) is 1.11. The summed E-state index contributed by atoms with van der Waals surface area (Å²) < 4.78 is 0. The van der Waals surface area contributed by atoms with Gasteiger partial charge >= 0.3 is 0 Å². The van der Waals surface area contributed by atoms with Crippen LogP contribution in [-0.4, -0.2) is 4.98 Å². The van der Waals surface area contributed by atoms with Gasteiger partial charge < -0.3 is 0 Å². The van der Waals surface area contributed by atoms with Crippen molar-refractivity contribution < 1.29 is 0 Å². The standard InChI is InChI=1S/C3NS/c1-2-5-3-4-1. The van der Waals surface area contributed by atoms with E-state index in [2.05, 4.69) is 22.1 Å². The Balaban J connectivity index is 3.13. The lowest BCUT2D eigenvalue weighted by molar-refractivity contribution is 1.42. The Hall–Kier alpha value is -0.550. The molecule has 0 aliphatic heterocycles. The third-order valence-electron chi connectivity index (χ3n) is 0.244. The van der Waals surface area contributed by atoms with Crippen molar-refractivity contribution in [2.24, 2.45) is 0 Å². The fraction of sp³-hybridized carbons (Fsp3) is 0. The monoisotopic (exact) mass is 82.0 g/mol. The van der Waals surface area contributed by atoms with E-state index >= 15 is 0 Å². The van der Waals surface area contributed by atoms with Crippen molar-refractivity contribution >= 4 is 11.3 Å². The first kappa shape index (κ1) is 2.67. The molecule has 23 valence electrons. The summed E-state index contributed by atoms with van der Waals surface area (Å²) in [4.78, 5) is 3.44. The summed E-state index contributed by atoms with van der Waals surface area (Å²) in [5.74, 6) is 0. The Bertz CT molecular complexity index is 63.4. The van der Waals surface area contributed by atoms with Gasteiger partial charge in [0.2, 0.25) is 0 Å². The molecule has 0 bridgehead atoms. The minimum absolute atomic E-state index is 1.30. The topological polar surface area (TPSA) is 12.9 Å². The second-order valence-electron chi connectivity index (χ2n) is 0.519. The van der Waals surface area contributed by atoms with Gasteiger partial charge in [0, 0.05) is 5.38 Å². The van der Waals surface area contributed by atoms with Crippen molar-refractivity contribution in [1.29, 1.82) is 0 Å². The molecular weight excluding hydrogens is 82.1 g/mol. The van der Waals surface area contributed by atoms with Gasteiger partial charge in [0.25, 0.3) is 0 Å². The summed E-state index contributed by atoms with van der Waals surface area (Å²) >= 11 is 1.30. The van der Waals surface area contributed by atoms with Crippen molar-refractivity contribution in [2.45, 2.75) is 0 Å². The summed E-state index contributed by atoms with van der Waals surface area (Å²) in [5.41, 5.74) is 2.54. The van der Waals surface area contributed by atoms with Crippen LogP contribution in [0.25, 0.3) is 0 Å². The summed E-state index contributed by atoms with van der Waals surface area (Å²) in [7, 11) is 0. The van der Waals surface area contributed by atoms with E-state index in [0.29, 0.717) is 0 Å². The van der Waals surface area contributed by atoms with E-state index < -0.39 is 0 Å². The van der Waals surface area contributed by atoms with Crippen molar-refractivity contribution in [3.63, 3.8) is 0 Å². The van der Waals surface area contributed by atoms with Gasteiger partial charge in [-0.15, -0.1) is 0 Å². The predicted molar refractivity (Wildman–Crippen MR) is 18.6 cm³/mol. The highest BCUT2D eigenvalue weighted by molar-refractivity contribution is 7.05. The first-order valence-corrected chi connectivity index (χ1v) is 1.92. The molecule has 1 radical (unpaired) electrons. The van der Waals surface area contributed by atoms with Crippen LogP contribution >= 0.6 is 11.3 Å². The number of hydrogen-bond donors (Lipinski definition) is 0. The van der Waals surface area contributed by atoms with E-state index in [-0.39, 0.29) is 0 Å². The molecule has 0 amide bonds. The van der Waals surface area contributed by atoms with Gasteiger partial charge in [0.1, 0.15) is 0 Å². The molecule has 2 heteroatoms. The van der Waals surface area contributed by atoms with Crippen molar-refractivity contribution in [3.05, 3.63) is 17.1 Å². The number of nitrogens with zero attached hydrogens (tertiary/aromatic N) is 1. The summed E-state index contributed by atoms with van der Waals surface area (Å²) in [6, 6.07) is 0. The Morgan fingerprint density at radius 2 is 2.60 bits per heavy atom. The van der Waals surface area contributed by atoms with Crippen LogP contribution in [0.1, 0.15) is 0 Å². The Morgan fingerprint density at radius 1 is 1.60 bits per heavy atom. The molecule has 0 saturated heterocycles. The maximum Gasteiger partial charge on any atom is 0.172 e. The molecule has 0 N–H and O–H groups in total. The van der Waals surface area contributed by atoms with Gasteiger partial charge in [-0.1, -0.05) is 11.3 Å². The van der Waals surface area contributed by atoms with Crippen LogP contribution in [-0.2, 0) is 0 Å². The Kier molecular flexibility index (Phi) is 0.559. The molecule has 0 atom stereocenters. The van der Waals surface area contributed by atoms with Crippen molar-refractivity contribution in [3.8, 4) is 0 Å². The highest BCUT2D eigenvalue weighted by atomic mass is 32.1. The zero-order valence-corrected chi connectivity index (χ0v) is 3.17. The first-order valence-electron chi connectivity index (χ1n) is 1.11. The van der Waals surface area contributed by atoms with Gasteiger partial charge in [-0.05, 0) is 0 Å². The molecule has 0 aromatic carbocycles. The summed E-state index contributed by atoms with van der Waals surface area (Å²) in [6.07, 6.45) is 2.45. The molecule has 0 saturated carbocycles. The van der Waals surface area contributed by atoms with Crippen LogP contribution in [0.4, 0.5) is 0 Å². The molecular formula is C3NS. The molecule has 1 heterocycles. The molecule has 0 aliphatic carbocycles. The molecule has 1 rings (SSSR count). The normalized spacial score (nSPS) is 6.40. The minimum atomic E-state index is 1.30. The first-order chi connectivity index (χ1) is 2.50. The summed E-state index contributed by atoms with van der Waals surface area (Å²) in [5, 5.41) is 2.61. The van der Waals surface area contributed by atoms with E-state index in [4.69, 9.17) is 0 Å². The maximum absolute atomic E-state index is 3.44. The lowest BCUT2D eigenvalue weighted by atomic mass is 11.2. The third kappa shape index (κ3) is 0.366. The van der Waals surface area contributed by atoms with Gasteiger partial charge in [-0.2, -0.15) is 4.98 Å². The largest absolute Gasteiger partial charge is 0.182 e. The molecule has 1 aromatic rings. The summed E-state index contributed by atoms with van der Waals surface area (Å²) in [6.45, 7) is 0. The Labute approximate surface area is 34.3 Å². The molecule has 0 spiro atoms. The molecule has 0 aliphatic rings. The number of hydrogen-bond acceptors (Lipinski definition) is 2. The molecule has 5 heavy (non-hydrogen) atoms. The zero-order chi connectivity index (χ0) is 3.54. The van der Waals surface area contributed by atoms with Gasteiger partial charge in [-0.3, -0.25) is 0 Å².